The number of amides is 2. The quantitative estimate of drug-likeness (QED) is 0.226. The Kier molecular flexibility index (Phi) is 10.6. The van der Waals surface area contributed by atoms with Gasteiger partial charge in [0.2, 0.25) is 5.91 Å². The van der Waals surface area contributed by atoms with Crippen molar-refractivity contribution in [2.45, 2.75) is 84.2 Å². The predicted octanol–water partition coefficient (Wildman–Crippen LogP) is 7.56. The maximum Gasteiger partial charge on any atom is 0.251 e. The number of rotatable bonds is 13. The first-order valence-electron chi connectivity index (χ1n) is 14.6. The van der Waals surface area contributed by atoms with Crippen molar-refractivity contribution in [2.24, 2.45) is 5.92 Å². The molecular weight excluding hydrogens is 484 g/mol. The van der Waals surface area contributed by atoms with Gasteiger partial charge < -0.3 is 15.3 Å². The highest BCUT2D eigenvalue weighted by molar-refractivity contribution is 5.95. The highest BCUT2D eigenvalue weighted by atomic mass is 16.3. The van der Waals surface area contributed by atoms with E-state index in [1.807, 2.05) is 30.3 Å². The van der Waals surface area contributed by atoms with Crippen molar-refractivity contribution in [3.8, 4) is 5.75 Å². The second kappa shape index (κ2) is 14.5. The first-order chi connectivity index (χ1) is 19.0. The van der Waals surface area contributed by atoms with E-state index in [0.717, 1.165) is 24.0 Å². The van der Waals surface area contributed by atoms with Gasteiger partial charge in [-0.15, -0.1) is 0 Å². The summed E-state index contributed by atoms with van der Waals surface area (Å²) >= 11 is 0. The minimum Gasteiger partial charge on any atom is -0.508 e. The fourth-order valence-electron chi connectivity index (χ4n) is 5.38. The van der Waals surface area contributed by atoms with Crippen molar-refractivity contribution >= 4 is 17.5 Å². The summed E-state index contributed by atoms with van der Waals surface area (Å²) in [5.41, 5.74) is 4.63. The number of aromatic hydroxyl groups is 1. The zero-order valence-corrected chi connectivity index (χ0v) is 23.2. The van der Waals surface area contributed by atoms with Crippen molar-refractivity contribution in [2.75, 3.05) is 4.90 Å². The molecule has 1 aliphatic carbocycles. The van der Waals surface area contributed by atoms with Gasteiger partial charge in [0.15, 0.2) is 0 Å². The number of phenolic OH excluding ortho intramolecular Hbond substituents is 1. The first-order valence-corrected chi connectivity index (χ1v) is 14.6. The van der Waals surface area contributed by atoms with Crippen LogP contribution in [-0.4, -0.2) is 16.9 Å². The molecule has 0 unspecified atom stereocenters. The molecule has 0 heterocycles. The van der Waals surface area contributed by atoms with E-state index in [1.54, 1.807) is 23.1 Å². The van der Waals surface area contributed by atoms with E-state index in [9.17, 15) is 14.7 Å². The Labute approximate surface area is 233 Å². The summed E-state index contributed by atoms with van der Waals surface area (Å²) < 4.78 is 0. The number of hydrogen-bond acceptors (Lipinski definition) is 3. The fraction of sp³-hybridized carbons (Fsp3) is 0.412. The fourth-order valence-corrected chi connectivity index (χ4v) is 5.38. The zero-order chi connectivity index (χ0) is 27.5. The molecule has 2 amide bonds. The molecule has 206 valence electrons. The van der Waals surface area contributed by atoms with E-state index in [-0.39, 0.29) is 17.6 Å². The van der Waals surface area contributed by atoms with Crippen LogP contribution in [0.5, 0.6) is 5.75 Å². The Bertz CT molecular complexity index is 1200. The van der Waals surface area contributed by atoms with Gasteiger partial charge in [-0.3, -0.25) is 9.59 Å². The number of aryl methyl sites for hydroxylation is 1. The summed E-state index contributed by atoms with van der Waals surface area (Å²) in [6.45, 7) is 3.08. The molecule has 1 saturated carbocycles. The number of benzene rings is 3. The molecule has 3 aromatic carbocycles. The molecule has 1 aliphatic rings. The van der Waals surface area contributed by atoms with Crippen LogP contribution in [0, 0.1) is 5.92 Å². The van der Waals surface area contributed by atoms with Crippen molar-refractivity contribution in [3.63, 3.8) is 0 Å². The van der Waals surface area contributed by atoms with E-state index in [4.69, 9.17) is 0 Å². The van der Waals surface area contributed by atoms with Gasteiger partial charge in [-0.1, -0.05) is 87.9 Å². The molecule has 0 bridgehead atoms. The lowest BCUT2D eigenvalue weighted by Crippen LogP contribution is -2.30. The molecule has 0 radical (unpaired) electrons. The monoisotopic (exact) mass is 526 g/mol. The number of carbonyl (C=O) groups is 2. The van der Waals surface area contributed by atoms with Crippen LogP contribution in [0.2, 0.25) is 0 Å². The van der Waals surface area contributed by atoms with Crippen LogP contribution in [0.3, 0.4) is 0 Å². The van der Waals surface area contributed by atoms with Gasteiger partial charge in [-0.2, -0.15) is 0 Å². The molecule has 0 aromatic heterocycles. The number of carbonyl (C=O) groups excluding carboxylic acids is 2. The third-order valence-electron chi connectivity index (χ3n) is 7.79. The van der Waals surface area contributed by atoms with E-state index in [0.29, 0.717) is 36.7 Å². The lowest BCUT2D eigenvalue weighted by molar-refractivity contribution is -0.119. The van der Waals surface area contributed by atoms with Crippen LogP contribution >= 0.6 is 0 Å². The largest absolute Gasteiger partial charge is 0.508 e. The summed E-state index contributed by atoms with van der Waals surface area (Å²) in [5.74, 6) is 0.720. The smallest absolute Gasteiger partial charge is 0.251 e. The highest BCUT2D eigenvalue weighted by Crippen LogP contribution is 2.30. The molecular formula is C34H42N2O3. The molecule has 0 spiro atoms. The van der Waals surface area contributed by atoms with Crippen molar-refractivity contribution in [1.82, 2.24) is 5.32 Å². The minimum absolute atomic E-state index is 0.0608. The van der Waals surface area contributed by atoms with Crippen molar-refractivity contribution in [1.29, 1.82) is 0 Å². The third-order valence-corrected chi connectivity index (χ3v) is 7.79. The number of nitrogens with one attached hydrogen (secondary N) is 1. The topological polar surface area (TPSA) is 69.6 Å². The number of unbranched alkanes of at least 4 members (excludes halogenated alkanes) is 2. The summed E-state index contributed by atoms with van der Waals surface area (Å²) in [6, 6.07) is 22.8. The molecule has 0 atom stereocenters. The average molecular weight is 527 g/mol. The second-order valence-electron chi connectivity index (χ2n) is 10.8. The van der Waals surface area contributed by atoms with Crippen molar-refractivity contribution in [3.05, 3.63) is 95.1 Å². The Morgan fingerprint density at radius 3 is 2.28 bits per heavy atom. The normalized spacial score (nSPS) is 13.4. The Balaban J connectivity index is 1.34. The zero-order valence-electron chi connectivity index (χ0n) is 23.2. The summed E-state index contributed by atoms with van der Waals surface area (Å²) in [7, 11) is 0. The van der Waals surface area contributed by atoms with Crippen LogP contribution in [-0.2, 0) is 24.3 Å². The molecule has 0 aliphatic heterocycles. The molecule has 5 heteroatoms. The van der Waals surface area contributed by atoms with Gasteiger partial charge in [0.05, 0.1) is 6.54 Å². The van der Waals surface area contributed by atoms with Gasteiger partial charge in [0.1, 0.15) is 5.75 Å². The Morgan fingerprint density at radius 1 is 0.897 bits per heavy atom. The lowest BCUT2D eigenvalue weighted by atomic mass is 10.0. The van der Waals surface area contributed by atoms with Crippen LogP contribution in [0.4, 0.5) is 5.69 Å². The Hall–Kier alpha value is -3.60. The molecule has 39 heavy (non-hydrogen) atoms. The molecule has 5 nitrogen and oxygen atoms in total. The Morgan fingerprint density at radius 2 is 1.59 bits per heavy atom. The van der Waals surface area contributed by atoms with Crippen LogP contribution in [0.25, 0.3) is 0 Å². The SMILES string of the molecule is CCCCCc1ccc(CNC(=O)c2ccc(CN(C(=O)CCC3CCCC3)c3cccc(O)c3)cc2)cc1. The predicted molar refractivity (Wildman–Crippen MR) is 158 cm³/mol. The molecule has 0 saturated heterocycles. The van der Waals surface area contributed by atoms with Crippen LogP contribution in [0.1, 0.15) is 91.8 Å². The summed E-state index contributed by atoms with van der Waals surface area (Å²) in [6.07, 6.45) is 11.2. The summed E-state index contributed by atoms with van der Waals surface area (Å²) in [5, 5.41) is 13.0. The van der Waals surface area contributed by atoms with Crippen LogP contribution in [0.15, 0.2) is 72.8 Å². The van der Waals surface area contributed by atoms with E-state index in [1.165, 1.54) is 50.5 Å². The van der Waals surface area contributed by atoms with Gasteiger partial charge in [0.25, 0.3) is 5.91 Å². The maximum atomic E-state index is 13.3. The second-order valence-corrected chi connectivity index (χ2v) is 10.8. The van der Waals surface area contributed by atoms with Gasteiger partial charge in [0, 0.05) is 30.3 Å². The van der Waals surface area contributed by atoms with Gasteiger partial charge >= 0.3 is 0 Å². The first kappa shape index (κ1) is 28.4. The molecule has 4 rings (SSSR count). The number of nitrogens with zero attached hydrogens (tertiary/aromatic N) is 1. The third kappa shape index (κ3) is 8.71. The molecule has 1 fully saturated rings. The number of anilines is 1. The summed E-state index contributed by atoms with van der Waals surface area (Å²) in [4.78, 5) is 27.8. The molecule has 2 N–H and O–H groups in total. The average Bonchev–Trinajstić information content (AvgIpc) is 3.48. The maximum absolute atomic E-state index is 13.3. The minimum atomic E-state index is -0.119. The van der Waals surface area contributed by atoms with Gasteiger partial charge in [-0.05, 0) is 66.1 Å². The lowest BCUT2D eigenvalue weighted by Gasteiger charge is -2.24. The highest BCUT2D eigenvalue weighted by Gasteiger charge is 2.21. The number of phenols is 1. The molecule has 3 aromatic rings. The van der Waals surface area contributed by atoms with Gasteiger partial charge in [-0.25, -0.2) is 0 Å². The van der Waals surface area contributed by atoms with E-state index in [2.05, 4.69) is 36.5 Å². The van der Waals surface area contributed by atoms with Crippen molar-refractivity contribution < 1.29 is 14.7 Å². The standard InChI is InChI=1S/C34H42N2O3/c1-2-3-4-8-27-13-15-28(16-14-27)24-35-34(39)30-20-17-29(18-21-30)25-36(31-11-7-12-32(37)23-31)33(38)22-19-26-9-5-6-10-26/h7,11-18,20-21,23,26,37H,2-6,8-10,19,22,24-25H2,1H3,(H,35,39). The van der Waals surface area contributed by atoms with E-state index < -0.39 is 0 Å². The van der Waals surface area contributed by atoms with Crippen LogP contribution < -0.4 is 10.2 Å². The number of hydrogen-bond donors (Lipinski definition) is 2. The van der Waals surface area contributed by atoms with E-state index >= 15 is 0 Å².